The second-order valence-electron chi connectivity index (χ2n) is 6.00. The van der Waals surface area contributed by atoms with Crippen LogP contribution < -0.4 is 10.2 Å². The van der Waals surface area contributed by atoms with Gasteiger partial charge in [-0.1, -0.05) is 0 Å². The highest BCUT2D eigenvalue weighted by Crippen LogP contribution is 2.28. The average Bonchev–Trinajstić information content (AvgIpc) is 2.80. The minimum atomic E-state index is 0.105. The molecule has 0 spiro atoms. The Labute approximate surface area is 125 Å². The van der Waals surface area contributed by atoms with Gasteiger partial charge in [-0.3, -0.25) is 0 Å². The Hall–Kier alpha value is -0.690. The average molecular weight is 299 g/mol. The Morgan fingerprint density at radius 3 is 2.65 bits per heavy atom. The van der Waals surface area contributed by atoms with Crippen LogP contribution in [0.25, 0.3) is 0 Å². The van der Waals surface area contributed by atoms with E-state index >= 15 is 0 Å². The van der Waals surface area contributed by atoms with Crippen LogP contribution >= 0.6 is 11.3 Å². The molecule has 1 saturated heterocycles. The topological polar surface area (TPSA) is 46.6 Å². The van der Waals surface area contributed by atoms with Gasteiger partial charge in [0.15, 0.2) is 5.13 Å². The maximum atomic E-state index is 5.40. The number of rotatable bonds is 5. The maximum absolute atomic E-state index is 5.40. The Morgan fingerprint density at radius 1 is 1.35 bits per heavy atom. The molecule has 0 atom stereocenters. The Morgan fingerprint density at radius 2 is 2.05 bits per heavy atom. The van der Waals surface area contributed by atoms with Crippen LogP contribution in [0.4, 0.5) is 5.13 Å². The monoisotopic (exact) mass is 299 g/mol. The summed E-state index contributed by atoms with van der Waals surface area (Å²) in [6.07, 6.45) is 0. The standard InChI is InChI=1S/C14H25N3O2S/c1-14(2,3)15-9-12-11(10-18-4)16-13(20-12)17-5-7-19-8-6-17/h15H,5-10H2,1-4H3. The van der Waals surface area contributed by atoms with Crippen molar-refractivity contribution in [2.24, 2.45) is 0 Å². The number of aromatic nitrogens is 1. The summed E-state index contributed by atoms with van der Waals surface area (Å²) >= 11 is 1.76. The molecule has 1 aliphatic rings. The first kappa shape index (κ1) is 15.7. The van der Waals surface area contributed by atoms with Crippen LogP contribution in [0.5, 0.6) is 0 Å². The zero-order valence-electron chi connectivity index (χ0n) is 12.9. The smallest absolute Gasteiger partial charge is 0.186 e. The molecule has 0 aromatic carbocycles. The van der Waals surface area contributed by atoms with Gasteiger partial charge in [-0.15, -0.1) is 11.3 Å². The lowest BCUT2D eigenvalue weighted by atomic mass is 10.1. The second-order valence-corrected chi connectivity index (χ2v) is 7.06. The Balaban J connectivity index is 2.10. The minimum absolute atomic E-state index is 0.105. The van der Waals surface area contributed by atoms with Gasteiger partial charge in [0, 0.05) is 37.2 Å². The lowest BCUT2D eigenvalue weighted by Gasteiger charge is -2.26. The zero-order chi connectivity index (χ0) is 14.6. The van der Waals surface area contributed by atoms with Gasteiger partial charge in [-0.25, -0.2) is 4.98 Å². The molecule has 2 heterocycles. The highest BCUT2D eigenvalue weighted by Gasteiger charge is 2.19. The third-order valence-corrected chi connectivity index (χ3v) is 4.27. The van der Waals surface area contributed by atoms with Gasteiger partial charge in [-0.2, -0.15) is 0 Å². The van der Waals surface area contributed by atoms with Crippen LogP contribution in [0.3, 0.4) is 0 Å². The van der Waals surface area contributed by atoms with Gasteiger partial charge in [0.1, 0.15) is 0 Å². The Kier molecular flexibility index (Phi) is 5.37. The molecule has 0 unspecified atom stereocenters. The van der Waals surface area contributed by atoms with Crippen LogP contribution in [0.1, 0.15) is 31.3 Å². The summed E-state index contributed by atoms with van der Waals surface area (Å²) in [4.78, 5) is 8.31. The number of thiazole rings is 1. The van der Waals surface area contributed by atoms with Gasteiger partial charge >= 0.3 is 0 Å². The number of methoxy groups -OCH3 is 1. The number of anilines is 1. The van der Waals surface area contributed by atoms with Crippen molar-refractivity contribution in [1.82, 2.24) is 10.3 Å². The molecular weight excluding hydrogens is 274 g/mol. The van der Waals surface area contributed by atoms with Crippen molar-refractivity contribution in [3.05, 3.63) is 10.6 Å². The predicted molar refractivity (Wildman–Crippen MR) is 82.5 cm³/mol. The van der Waals surface area contributed by atoms with E-state index in [4.69, 9.17) is 14.5 Å². The van der Waals surface area contributed by atoms with E-state index in [9.17, 15) is 0 Å². The fourth-order valence-electron chi connectivity index (χ4n) is 1.99. The molecule has 1 aromatic heterocycles. The summed E-state index contributed by atoms with van der Waals surface area (Å²) < 4.78 is 10.7. The number of hydrogen-bond acceptors (Lipinski definition) is 6. The van der Waals surface area contributed by atoms with Crippen molar-refractivity contribution in [2.45, 2.75) is 39.5 Å². The predicted octanol–water partition coefficient (Wildman–Crippen LogP) is 2.01. The van der Waals surface area contributed by atoms with E-state index in [1.165, 1.54) is 4.88 Å². The number of morpholine rings is 1. The first-order valence-electron chi connectivity index (χ1n) is 7.05. The van der Waals surface area contributed by atoms with Crippen molar-refractivity contribution in [3.8, 4) is 0 Å². The summed E-state index contributed by atoms with van der Waals surface area (Å²) in [5.74, 6) is 0. The summed E-state index contributed by atoms with van der Waals surface area (Å²) in [6, 6.07) is 0. The quantitative estimate of drug-likeness (QED) is 0.901. The third kappa shape index (κ3) is 4.41. The largest absolute Gasteiger partial charge is 0.378 e. The molecule has 1 aliphatic heterocycles. The lowest BCUT2D eigenvalue weighted by Crippen LogP contribution is -2.36. The third-order valence-electron chi connectivity index (χ3n) is 3.11. The number of nitrogens with zero attached hydrogens (tertiary/aromatic N) is 2. The number of hydrogen-bond donors (Lipinski definition) is 1. The minimum Gasteiger partial charge on any atom is -0.378 e. The highest BCUT2D eigenvalue weighted by atomic mass is 32.1. The van der Waals surface area contributed by atoms with Crippen LogP contribution in [0, 0.1) is 0 Å². The molecular formula is C14H25N3O2S. The van der Waals surface area contributed by atoms with Crippen molar-refractivity contribution in [2.75, 3.05) is 38.3 Å². The molecule has 0 saturated carbocycles. The van der Waals surface area contributed by atoms with Crippen LogP contribution in [0.15, 0.2) is 0 Å². The highest BCUT2D eigenvalue weighted by molar-refractivity contribution is 7.15. The van der Waals surface area contributed by atoms with E-state index in [0.29, 0.717) is 6.61 Å². The normalized spacial score (nSPS) is 16.7. The fraction of sp³-hybridized carbons (Fsp3) is 0.786. The first-order chi connectivity index (χ1) is 9.49. The molecule has 0 radical (unpaired) electrons. The summed E-state index contributed by atoms with van der Waals surface area (Å²) in [5.41, 5.74) is 1.16. The molecule has 6 heteroatoms. The van der Waals surface area contributed by atoms with Crippen LogP contribution in [-0.2, 0) is 22.6 Å². The molecule has 1 N–H and O–H groups in total. The molecule has 114 valence electrons. The van der Waals surface area contributed by atoms with Crippen molar-refractivity contribution in [1.29, 1.82) is 0 Å². The second kappa shape index (κ2) is 6.85. The molecule has 1 fully saturated rings. The Bertz CT molecular complexity index is 423. The van der Waals surface area contributed by atoms with Gasteiger partial charge in [0.05, 0.1) is 25.5 Å². The van der Waals surface area contributed by atoms with Gasteiger partial charge in [0.2, 0.25) is 0 Å². The maximum Gasteiger partial charge on any atom is 0.186 e. The van der Waals surface area contributed by atoms with Crippen LogP contribution in [0.2, 0.25) is 0 Å². The summed E-state index contributed by atoms with van der Waals surface area (Å²) in [7, 11) is 1.72. The van der Waals surface area contributed by atoms with E-state index in [1.807, 2.05) is 0 Å². The number of nitrogens with one attached hydrogen (secondary N) is 1. The van der Waals surface area contributed by atoms with E-state index in [2.05, 4.69) is 31.0 Å². The van der Waals surface area contributed by atoms with Crippen molar-refractivity contribution in [3.63, 3.8) is 0 Å². The SMILES string of the molecule is COCc1nc(N2CCOCC2)sc1CNC(C)(C)C. The lowest BCUT2D eigenvalue weighted by molar-refractivity contribution is 0.122. The van der Waals surface area contributed by atoms with Crippen molar-refractivity contribution < 1.29 is 9.47 Å². The summed E-state index contributed by atoms with van der Waals surface area (Å²) in [5, 5.41) is 4.61. The van der Waals surface area contributed by atoms with Crippen molar-refractivity contribution >= 4 is 16.5 Å². The van der Waals surface area contributed by atoms with Crippen LogP contribution in [-0.4, -0.2) is 43.9 Å². The zero-order valence-corrected chi connectivity index (χ0v) is 13.7. The van der Waals surface area contributed by atoms with E-state index < -0.39 is 0 Å². The molecule has 0 bridgehead atoms. The van der Waals surface area contributed by atoms with E-state index in [-0.39, 0.29) is 5.54 Å². The summed E-state index contributed by atoms with van der Waals surface area (Å²) in [6.45, 7) is 11.3. The molecule has 20 heavy (non-hydrogen) atoms. The van der Waals surface area contributed by atoms with Gasteiger partial charge < -0.3 is 19.7 Å². The molecule has 1 aromatic rings. The number of ether oxygens (including phenoxy) is 2. The first-order valence-corrected chi connectivity index (χ1v) is 7.86. The fourth-order valence-corrected chi connectivity index (χ4v) is 3.05. The van der Waals surface area contributed by atoms with Gasteiger partial charge in [0.25, 0.3) is 0 Å². The van der Waals surface area contributed by atoms with E-state index in [1.54, 1.807) is 18.4 Å². The molecule has 0 amide bonds. The molecule has 0 aliphatic carbocycles. The molecule has 5 nitrogen and oxygen atoms in total. The van der Waals surface area contributed by atoms with Gasteiger partial charge in [-0.05, 0) is 20.8 Å². The molecule has 2 rings (SSSR count). The van der Waals surface area contributed by atoms with E-state index in [0.717, 1.165) is 43.7 Å².